The largest absolute Gasteiger partial charge is 0.350 e. The van der Waals surface area contributed by atoms with E-state index in [1.165, 1.54) is 11.8 Å². The van der Waals surface area contributed by atoms with Crippen LogP contribution < -0.4 is 5.32 Å². The summed E-state index contributed by atoms with van der Waals surface area (Å²) < 4.78 is 0. The molecule has 0 heterocycles. The number of hydrogen-bond donors (Lipinski definition) is 1. The lowest BCUT2D eigenvalue weighted by molar-refractivity contribution is -0.140. The highest BCUT2D eigenvalue weighted by atomic mass is 35.5. The van der Waals surface area contributed by atoms with Crippen molar-refractivity contribution in [1.29, 1.82) is 0 Å². The van der Waals surface area contributed by atoms with Gasteiger partial charge in [-0.25, -0.2) is 0 Å². The number of carbonyl (C=O) groups excluding carboxylic acids is 2. The van der Waals surface area contributed by atoms with Gasteiger partial charge in [0.15, 0.2) is 0 Å². The molecule has 2 amide bonds. The highest BCUT2D eigenvalue weighted by Gasteiger charge is 2.30. The van der Waals surface area contributed by atoms with Crippen LogP contribution in [-0.4, -0.2) is 34.0 Å². The summed E-state index contributed by atoms with van der Waals surface area (Å²) in [4.78, 5) is 28.0. The predicted octanol–water partition coefficient (Wildman–Crippen LogP) is 5.60. The molecule has 0 aliphatic carbocycles. The normalized spacial score (nSPS) is 12.3. The minimum Gasteiger partial charge on any atom is -0.350 e. The van der Waals surface area contributed by atoms with Gasteiger partial charge >= 0.3 is 0 Å². The fraction of sp³-hybridized carbons (Fsp3) is 0.440. The fourth-order valence-corrected chi connectivity index (χ4v) is 4.49. The summed E-state index contributed by atoms with van der Waals surface area (Å²) in [5.41, 5.74) is 2.80. The van der Waals surface area contributed by atoms with Crippen LogP contribution in [0.2, 0.25) is 5.02 Å². The monoisotopic (exact) mass is 460 g/mol. The summed E-state index contributed by atoms with van der Waals surface area (Å²) in [6, 6.07) is 15.1. The Morgan fingerprint density at radius 1 is 1.06 bits per heavy atom. The number of nitrogens with one attached hydrogen (secondary N) is 1. The average Bonchev–Trinajstić information content (AvgIpc) is 2.69. The highest BCUT2D eigenvalue weighted by molar-refractivity contribution is 7.99. The number of aryl methyl sites for hydroxylation is 1. The van der Waals surface area contributed by atoms with Crippen LogP contribution in [0.25, 0.3) is 0 Å². The minimum absolute atomic E-state index is 0.0452. The molecule has 0 aromatic heterocycles. The highest BCUT2D eigenvalue weighted by Crippen LogP contribution is 2.22. The maximum atomic E-state index is 13.3. The van der Waals surface area contributed by atoms with Gasteiger partial charge in [-0.3, -0.25) is 9.59 Å². The molecule has 6 heteroatoms. The first-order chi connectivity index (χ1) is 14.6. The van der Waals surface area contributed by atoms with Crippen molar-refractivity contribution in [1.82, 2.24) is 10.2 Å². The van der Waals surface area contributed by atoms with E-state index in [1.807, 2.05) is 83.1 Å². The van der Waals surface area contributed by atoms with Gasteiger partial charge in [-0.05, 0) is 56.9 Å². The van der Waals surface area contributed by atoms with E-state index in [4.69, 9.17) is 11.6 Å². The molecule has 0 radical (unpaired) electrons. The Morgan fingerprint density at radius 2 is 1.68 bits per heavy atom. The molecule has 31 heavy (non-hydrogen) atoms. The first kappa shape index (κ1) is 25.3. The van der Waals surface area contributed by atoms with Gasteiger partial charge in [0.2, 0.25) is 11.8 Å². The number of benzene rings is 2. The van der Waals surface area contributed by atoms with Crippen molar-refractivity contribution in [3.05, 3.63) is 70.2 Å². The standard InChI is InChI=1S/C25H33ClN2O2S/c1-6-22(24(30)27-25(3,4)5)28(15-19-12-8-7-11-18(19)2)23(29)17-31-16-20-13-9-10-14-21(20)26/h7-14,22H,6,15-17H2,1-5H3,(H,27,30). The van der Waals surface area contributed by atoms with Crippen molar-refractivity contribution >= 4 is 35.2 Å². The molecule has 168 valence electrons. The van der Waals surface area contributed by atoms with E-state index in [0.29, 0.717) is 23.7 Å². The third-order valence-corrected chi connectivity index (χ3v) is 6.26. The van der Waals surface area contributed by atoms with Gasteiger partial charge in [-0.1, -0.05) is 61.0 Å². The van der Waals surface area contributed by atoms with Crippen LogP contribution in [0.3, 0.4) is 0 Å². The second-order valence-corrected chi connectivity index (χ2v) is 10.1. The maximum absolute atomic E-state index is 13.3. The molecule has 0 bridgehead atoms. The quantitative estimate of drug-likeness (QED) is 0.529. The molecule has 0 aliphatic heterocycles. The van der Waals surface area contributed by atoms with Gasteiger partial charge in [0, 0.05) is 22.9 Å². The van der Waals surface area contributed by atoms with Crippen molar-refractivity contribution < 1.29 is 9.59 Å². The third-order valence-electron chi connectivity index (χ3n) is 4.93. The van der Waals surface area contributed by atoms with Crippen LogP contribution in [0.1, 0.15) is 50.8 Å². The zero-order chi connectivity index (χ0) is 23.0. The van der Waals surface area contributed by atoms with Crippen LogP contribution >= 0.6 is 23.4 Å². The second kappa shape index (κ2) is 11.6. The number of thioether (sulfide) groups is 1. The Labute approximate surface area is 195 Å². The number of nitrogens with zero attached hydrogens (tertiary/aromatic N) is 1. The Morgan fingerprint density at radius 3 is 2.26 bits per heavy atom. The van der Waals surface area contributed by atoms with Crippen molar-refractivity contribution in [3.63, 3.8) is 0 Å². The molecule has 1 N–H and O–H groups in total. The number of halogens is 1. The zero-order valence-electron chi connectivity index (χ0n) is 19.1. The molecule has 2 rings (SSSR count). The zero-order valence-corrected chi connectivity index (χ0v) is 20.6. The maximum Gasteiger partial charge on any atom is 0.243 e. The lowest BCUT2D eigenvalue weighted by Crippen LogP contribution is -2.53. The summed E-state index contributed by atoms with van der Waals surface area (Å²) in [7, 11) is 0. The molecule has 0 saturated carbocycles. The summed E-state index contributed by atoms with van der Waals surface area (Å²) >= 11 is 7.76. The van der Waals surface area contributed by atoms with Gasteiger partial charge in [0.05, 0.1) is 5.75 Å². The van der Waals surface area contributed by atoms with Gasteiger partial charge in [-0.2, -0.15) is 0 Å². The first-order valence-electron chi connectivity index (χ1n) is 10.6. The van der Waals surface area contributed by atoms with Crippen LogP contribution in [0.4, 0.5) is 0 Å². The Bertz CT molecular complexity index is 895. The Balaban J connectivity index is 2.19. The predicted molar refractivity (Wildman–Crippen MR) is 131 cm³/mol. The molecule has 1 atom stereocenters. The van der Waals surface area contributed by atoms with Gasteiger partial charge in [-0.15, -0.1) is 11.8 Å². The molecule has 2 aromatic carbocycles. The van der Waals surface area contributed by atoms with Crippen molar-refractivity contribution in [2.45, 2.75) is 64.9 Å². The molecule has 2 aromatic rings. The second-order valence-electron chi connectivity index (χ2n) is 8.70. The van der Waals surface area contributed by atoms with Crippen molar-refractivity contribution in [2.24, 2.45) is 0 Å². The number of hydrogen-bond acceptors (Lipinski definition) is 3. The van der Waals surface area contributed by atoms with Crippen LogP contribution in [0, 0.1) is 6.92 Å². The molecule has 0 aliphatic rings. The summed E-state index contributed by atoms with van der Waals surface area (Å²) in [5, 5.41) is 3.74. The van der Waals surface area contributed by atoms with E-state index in [2.05, 4.69) is 5.32 Å². The Hall–Kier alpha value is -1.98. The first-order valence-corrected chi connectivity index (χ1v) is 12.1. The Kier molecular flexibility index (Phi) is 9.45. The van der Waals surface area contributed by atoms with Gasteiger partial charge in [0.1, 0.15) is 6.04 Å². The summed E-state index contributed by atoms with van der Waals surface area (Å²) in [6.07, 6.45) is 0.550. The lowest BCUT2D eigenvalue weighted by Gasteiger charge is -2.33. The van der Waals surface area contributed by atoms with Crippen molar-refractivity contribution in [2.75, 3.05) is 5.75 Å². The van der Waals surface area contributed by atoms with Crippen molar-refractivity contribution in [3.8, 4) is 0 Å². The average molecular weight is 461 g/mol. The van der Waals surface area contributed by atoms with E-state index in [9.17, 15) is 9.59 Å². The van der Waals surface area contributed by atoms with E-state index < -0.39 is 6.04 Å². The molecule has 0 saturated heterocycles. The molecule has 4 nitrogen and oxygen atoms in total. The van der Waals surface area contributed by atoms with E-state index in [-0.39, 0.29) is 23.1 Å². The molecule has 0 fully saturated rings. The third kappa shape index (κ3) is 7.89. The van der Waals surface area contributed by atoms with E-state index in [0.717, 1.165) is 16.7 Å². The molecule has 1 unspecified atom stereocenters. The summed E-state index contributed by atoms with van der Waals surface area (Å²) in [5.74, 6) is 0.773. The van der Waals surface area contributed by atoms with Crippen LogP contribution in [-0.2, 0) is 21.9 Å². The lowest BCUT2D eigenvalue weighted by atomic mass is 10.0. The SMILES string of the molecule is CCC(C(=O)NC(C)(C)C)N(Cc1ccccc1C)C(=O)CSCc1ccccc1Cl. The van der Waals surface area contributed by atoms with E-state index >= 15 is 0 Å². The smallest absolute Gasteiger partial charge is 0.243 e. The number of rotatable bonds is 9. The van der Waals surface area contributed by atoms with Crippen LogP contribution in [0.5, 0.6) is 0 Å². The van der Waals surface area contributed by atoms with E-state index in [1.54, 1.807) is 4.90 Å². The number of amides is 2. The molecular formula is C25H33ClN2O2S. The van der Waals surface area contributed by atoms with Crippen LogP contribution in [0.15, 0.2) is 48.5 Å². The fourth-order valence-electron chi connectivity index (χ4n) is 3.29. The van der Waals surface area contributed by atoms with Gasteiger partial charge in [0.25, 0.3) is 0 Å². The summed E-state index contributed by atoms with van der Waals surface area (Å²) in [6.45, 7) is 10.2. The molecular weight excluding hydrogens is 428 g/mol. The van der Waals surface area contributed by atoms with Gasteiger partial charge < -0.3 is 10.2 Å². The topological polar surface area (TPSA) is 49.4 Å². The minimum atomic E-state index is -0.521. The number of carbonyl (C=O) groups is 2. The molecule has 0 spiro atoms.